The zero-order valence-corrected chi connectivity index (χ0v) is 14.2. The number of hydrogen-bond donors (Lipinski definition) is 1. The number of nitrogens with zero attached hydrogens (tertiary/aromatic N) is 2. The van der Waals surface area contributed by atoms with E-state index in [4.69, 9.17) is 10.5 Å². The van der Waals surface area contributed by atoms with Gasteiger partial charge in [0.05, 0.1) is 24.4 Å². The lowest BCUT2D eigenvalue weighted by molar-refractivity contribution is -0.0246. The Balaban J connectivity index is 1.73. The summed E-state index contributed by atoms with van der Waals surface area (Å²) in [5.74, 6) is 0.967. The highest BCUT2D eigenvalue weighted by Crippen LogP contribution is 2.26. The first-order chi connectivity index (χ1) is 11.0. The number of nitrogens with two attached hydrogens (primary N) is 1. The minimum Gasteiger partial charge on any atom is -0.384 e. The van der Waals surface area contributed by atoms with Crippen molar-refractivity contribution >= 4 is 23.1 Å². The molecule has 0 radical (unpaired) electrons. The van der Waals surface area contributed by atoms with Crippen LogP contribution in [0.15, 0.2) is 29.6 Å². The van der Waals surface area contributed by atoms with E-state index < -0.39 is 0 Å². The van der Waals surface area contributed by atoms with Crippen LogP contribution in [0.25, 0.3) is 0 Å². The van der Waals surface area contributed by atoms with Gasteiger partial charge in [-0.25, -0.2) is 4.98 Å². The van der Waals surface area contributed by atoms with E-state index >= 15 is 0 Å². The molecule has 0 bridgehead atoms. The first kappa shape index (κ1) is 16.0. The normalized spacial score (nSPS) is 18.4. The molecule has 0 aliphatic carbocycles. The summed E-state index contributed by atoms with van der Waals surface area (Å²) in [6.45, 7) is 5.88. The number of aromatic nitrogens is 1. The number of pyridine rings is 1. The highest BCUT2D eigenvalue weighted by Gasteiger charge is 2.27. The molecule has 3 heterocycles. The average Bonchev–Trinajstić information content (AvgIpc) is 3.04. The topological polar surface area (TPSA) is 68.5 Å². The van der Waals surface area contributed by atoms with Gasteiger partial charge in [-0.05, 0) is 24.1 Å². The summed E-state index contributed by atoms with van der Waals surface area (Å²) < 4.78 is 5.77. The second-order valence-corrected chi connectivity index (χ2v) is 6.93. The summed E-state index contributed by atoms with van der Waals surface area (Å²) in [6, 6.07) is 7.49. The second-order valence-electron chi connectivity index (χ2n) is 5.99. The molecule has 2 N–H and O–H groups in total. The van der Waals surface area contributed by atoms with Crippen LogP contribution in [0.5, 0.6) is 0 Å². The molecule has 1 saturated heterocycles. The van der Waals surface area contributed by atoms with E-state index in [2.05, 4.69) is 18.8 Å². The first-order valence-electron chi connectivity index (χ1n) is 7.76. The number of carbonyl (C=O) groups is 1. The number of amides is 1. The van der Waals surface area contributed by atoms with E-state index in [1.54, 1.807) is 17.4 Å². The Morgan fingerprint density at radius 2 is 2.30 bits per heavy atom. The highest BCUT2D eigenvalue weighted by atomic mass is 32.1. The zero-order valence-electron chi connectivity index (χ0n) is 13.4. The van der Waals surface area contributed by atoms with E-state index in [1.807, 2.05) is 28.5 Å². The van der Waals surface area contributed by atoms with E-state index in [1.165, 1.54) is 4.88 Å². The molecule has 2 aromatic rings. The van der Waals surface area contributed by atoms with Crippen LogP contribution in [0.2, 0.25) is 0 Å². The Morgan fingerprint density at radius 1 is 1.48 bits per heavy atom. The number of thiophene rings is 1. The molecule has 23 heavy (non-hydrogen) atoms. The van der Waals surface area contributed by atoms with Crippen molar-refractivity contribution in [1.29, 1.82) is 0 Å². The number of ether oxygens (including phenoxy) is 1. The molecule has 1 aliphatic heterocycles. The molecule has 1 amide bonds. The van der Waals surface area contributed by atoms with Crippen molar-refractivity contribution < 1.29 is 9.53 Å². The predicted octanol–water partition coefficient (Wildman–Crippen LogP) is 3.06. The minimum absolute atomic E-state index is 0.0605. The van der Waals surface area contributed by atoms with Crippen molar-refractivity contribution in [2.24, 2.45) is 0 Å². The van der Waals surface area contributed by atoms with Crippen LogP contribution in [0.3, 0.4) is 0 Å². The van der Waals surface area contributed by atoms with E-state index in [-0.39, 0.29) is 12.0 Å². The third-order valence-corrected chi connectivity index (χ3v) is 5.14. The summed E-state index contributed by atoms with van der Waals surface area (Å²) in [5.41, 5.74) is 7.27. The van der Waals surface area contributed by atoms with Crippen molar-refractivity contribution in [3.05, 3.63) is 45.8 Å². The molecule has 0 aromatic carbocycles. The molecule has 1 atom stereocenters. The van der Waals surface area contributed by atoms with Gasteiger partial charge in [0.15, 0.2) is 0 Å². The van der Waals surface area contributed by atoms with Gasteiger partial charge in [0.25, 0.3) is 5.91 Å². The summed E-state index contributed by atoms with van der Waals surface area (Å²) in [6.07, 6.45) is -0.223. The Labute approximate surface area is 140 Å². The number of carbonyl (C=O) groups excluding carboxylic acids is 1. The van der Waals surface area contributed by atoms with Gasteiger partial charge in [-0.2, -0.15) is 0 Å². The van der Waals surface area contributed by atoms with E-state index in [0.717, 1.165) is 11.3 Å². The SMILES string of the molecule is CC(C)c1cc(C(=O)N2CCO[C@H](c3cccc(N)n3)C2)cs1. The quantitative estimate of drug-likeness (QED) is 0.938. The van der Waals surface area contributed by atoms with Gasteiger partial charge >= 0.3 is 0 Å². The van der Waals surface area contributed by atoms with Gasteiger partial charge in [0, 0.05) is 16.8 Å². The molecule has 0 saturated carbocycles. The fraction of sp³-hybridized carbons (Fsp3) is 0.412. The van der Waals surface area contributed by atoms with E-state index in [9.17, 15) is 4.79 Å². The zero-order chi connectivity index (χ0) is 16.4. The number of rotatable bonds is 3. The van der Waals surface area contributed by atoms with Crippen molar-refractivity contribution in [2.75, 3.05) is 25.4 Å². The minimum atomic E-state index is -0.223. The van der Waals surface area contributed by atoms with Crippen LogP contribution < -0.4 is 5.73 Å². The largest absolute Gasteiger partial charge is 0.384 e. The molecule has 5 nitrogen and oxygen atoms in total. The summed E-state index contributed by atoms with van der Waals surface area (Å²) >= 11 is 1.64. The van der Waals surface area contributed by atoms with Crippen LogP contribution in [0.4, 0.5) is 5.82 Å². The van der Waals surface area contributed by atoms with E-state index in [0.29, 0.717) is 31.4 Å². The Hall–Kier alpha value is -1.92. The second kappa shape index (κ2) is 6.68. The van der Waals surface area contributed by atoms with Gasteiger partial charge in [0.1, 0.15) is 11.9 Å². The standard InChI is InChI=1S/C17H21N3O2S/c1-11(2)15-8-12(10-23-15)17(21)20-6-7-22-14(9-20)13-4-3-5-16(18)19-13/h3-5,8,10-11,14H,6-7,9H2,1-2H3,(H2,18,19)/t14-/m0/s1. The van der Waals surface area contributed by atoms with Crippen LogP contribution in [0, 0.1) is 0 Å². The van der Waals surface area contributed by atoms with Crippen molar-refractivity contribution in [1.82, 2.24) is 9.88 Å². The Kier molecular flexibility index (Phi) is 4.63. The number of nitrogen functional groups attached to an aromatic ring is 1. The van der Waals surface area contributed by atoms with Crippen LogP contribution in [-0.2, 0) is 4.74 Å². The highest BCUT2D eigenvalue weighted by molar-refractivity contribution is 7.10. The lowest BCUT2D eigenvalue weighted by Gasteiger charge is -2.32. The maximum absolute atomic E-state index is 12.7. The van der Waals surface area contributed by atoms with Crippen molar-refractivity contribution in [2.45, 2.75) is 25.9 Å². The molecule has 0 unspecified atom stereocenters. The fourth-order valence-electron chi connectivity index (χ4n) is 2.61. The third-order valence-electron chi connectivity index (χ3n) is 3.91. The molecule has 0 spiro atoms. The van der Waals surface area contributed by atoms with Crippen molar-refractivity contribution in [3.8, 4) is 0 Å². The van der Waals surface area contributed by atoms with Gasteiger partial charge < -0.3 is 15.4 Å². The molecular weight excluding hydrogens is 310 g/mol. The summed E-state index contributed by atoms with van der Waals surface area (Å²) in [5, 5.41) is 1.95. The monoisotopic (exact) mass is 331 g/mol. The van der Waals surface area contributed by atoms with Gasteiger partial charge in [0.2, 0.25) is 0 Å². The summed E-state index contributed by atoms with van der Waals surface area (Å²) in [7, 11) is 0. The van der Waals surface area contributed by atoms with Crippen LogP contribution >= 0.6 is 11.3 Å². The molecule has 122 valence electrons. The van der Waals surface area contributed by atoms with Crippen LogP contribution in [-0.4, -0.2) is 35.5 Å². The molecular formula is C17H21N3O2S. The lowest BCUT2D eigenvalue weighted by atomic mass is 10.1. The first-order valence-corrected chi connectivity index (χ1v) is 8.64. The number of morpholine rings is 1. The average molecular weight is 331 g/mol. The van der Waals surface area contributed by atoms with Crippen LogP contribution in [0.1, 0.15) is 46.8 Å². The summed E-state index contributed by atoms with van der Waals surface area (Å²) in [4.78, 5) is 20.1. The maximum atomic E-state index is 12.7. The lowest BCUT2D eigenvalue weighted by Crippen LogP contribution is -2.42. The van der Waals surface area contributed by atoms with Gasteiger partial charge in [-0.1, -0.05) is 19.9 Å². The van der Waals surface area contributed by atoms with Gasteiger partial charge in [-0.3, -0.25) is 4.79 Å². The smallest absolute Gasteiger partial charge is 0.254 e. The molecule has 2 aromatic heterocycles. The Morgan fingerprint density at radius 3 is 3.00 bits per heavy atom. The number of anilines is 1. The third kappa shape index (κ3) is 3.54. The molecule has 1 fully saturated rings. The molecule has 1 aliphatic rings. The Bertz CT molecular complexity index is 699. The van der Waals surface area contributed by atoms with Crippen molar-refractivity contribution in [3.63, 3.8) is 0 Å². The maximum Gasteiger partial charge on any atom is 0.254 e. The molecule has 6 heteroatoms. The van der Waals surface area contributed by atoms with Gasteiger partial charge in [-0.15, -0.1) is 11.3 Å². The molecule has 3 rings (SSSR count). The predicted molar refractivity (Wildman–Crippen MR) is 91.7 cm³/mol. The fourth-order valence-corrected chi connectivity index (χ4v) is 3.51. The number of hydrogen-bond acceptors (Lipinski definition) is 5.